The quantitative estimate of drug-likeness (QED) is 0.676. The number of hydrogen-bond donors (Lipinski definition) is 0. The van der Waals surface area contributed by atoms with Crippen molar-refractivity contribution in [1.82, 2.24) is 9.91 Å². The SMILES string of the molecule is Cc1ccc(C)c([C@H]2CC(c3ccc(C)c(C)c3)=NN2C(=O)CN2CCC3(CC2)OCCO3)c1. The number of amides is 1. The Morgan fingerprint density at radius 2 is 1.68 bits per heavy atom. The van der Waals surface area contributed by atoms with E-state index in [1.54, 1.807) is 5.01 Å². The Bertz CT molecular complexity index is 1110. The molecule has 0 unspecified atom stereocenters. The summed E-state index contributed by atoms with van der Waals surface area (Å²) in [5.74, 6) is -0.378. The number of rotatable bonds is 4. The Morgan fingerprint density at radius 1 is 0.971 bits per heavy atom. The highest BCUT2D eigenvalue weighted by Crippen LogP contribution is 2.36. The molecule has 1 spiro atoms. The molecule has 6 heteroatoms. The molecular weight excluding hydrogens is 426 g/mol. The van der Waals surface area contributed by atoms with E-state index in [2.05, 4.69) is 69.0 Å². The van der Waals surface area contributed by atoms with Gasteiger partial charge in [-0.3, -0.25) is 9.69 Å². The van der Waals surface area contributed by atoms with E-state index in [4.69, 9.17) is 14.6 Å². The molecule has 0 N–H and O–H groups in total. The number of carbonyl (C=O) groups is 1. The van der Waals surface area contributed by atoms with Gasteiger partial charge in [-0.05, 0) is 61.6 Å². The zero-order valence-corrected chi connectivity index (χ0v) is 20.8. The summed E-state index contributed by atoms with van der Waals surface area (Å²) in [6, 6.07) is 12.9. The second-order valence-electron chi connectivity index (χ2n) is 10.0. The first kappa shape index (κ1) is 23.2. The van der Waals surface area contributed by atoms with Crippen LogP contribution in [0.1, 0.15) is 58.7 Å². The minimum Gasteiger partial charge on any atom is -0.347 e. The molecule has 180 valence electrons. The summed E-state index contributed by atoms with van der Waals surface area (Å²) < 4.78 is 11.7. The Balaban J connectivity index is 1.38. The molecule has 0 aliphatic carbocycles. The van der Waals surface area contributed by atoms with E-state index in [0.717, 1.165) is 43.6 Å². The molecule has 6 nitrogen and oxygen atoms in total. The number of piperidine rings is 1. The normalized spacial score (nSPS) is 22.4. The second-order valence-corrected chi connectivity index (χ2v) is 10.0. The van der Waals surface area contributed by atoms with Crippen molar-refractivity contribution < 1.29 is 14.3 Å². The van der Waals surface area contributed by atoms with E-state index in [9.17, 15) is 4.79 Å². The molecule has 2 saturated heterocycles. The van der Waals surface area contributed by atoms with Crippen molar-refractivity contribution in [1.29, 1.82) is 0 Å². The van der Waals surface area contributed by atoms with E-state index < -0.39 is 5.79 Å². The third kappa shape index (κ3) is 4.54. The number of ether oxygens (including phenoxy) is 2. The average molecular weight is 462 g/mol. The summed E-state index contributed by atoms with van der Waals surface area (Å²) in [5.41, 5.74) is 8.16. The third-order valence-electron chi connectivity index (χ3n) is 7.59. The number of carbonyl (C=O) groups excluding carboxylic acids is 1. The van der Waals surface area contributed by atoms with Crippen LogP contribution >= 0.6 is 0 Å². The minimum absolute atomic E-state index is 0.0500. The summed E-state index contributed by atoms with van der Waals surface area (Å²) in [6.07, 6.45) is 2.33. The van der Waals surface area contributed by atoms with Gasteiger partial charge in [-0.2, -0.15) is 5.10 Å². The molecule has 1 atom stereocenters. The van der Waals surface area contributed by atoms with Crippen LogP contribution in [0.25, 0.3) is 0 Å². The number of hydrogen-bond acceptors (Lipinski definition) is 5. The molecular formula is C28H35N3O3. The van der Waals surface area contributed by atoms with Gasteiger partial charge in [0.05, 0.1) is 31.5 Å². The lowest BCUT2D eigenvalue weighted by Crippen LogP contribution is -2.48. The van der Waals surface area contributed by atoms with Crippen LogP contribution in [0.4, 0.5) is 0 Å². The maximum absolute atomic E-state index is 13.6. The summed E-state index contributed by atoms with van der Waals surface area (Å²) >= 11 is 0. The van der Waals surface area contributed by atoms with Gasteiger partial charge in [0.2, 0.25) is 0 Å². The molecule has 34 heavy (non-hydrogen) atoms. The number of hydrazone groups is 1. The summed E-state index contributed by atoms with van der Waals surface area (Å²) in [6.45, 7) is 11.8. The van der Waals surface area contributed by atoms with Crippen LogP contribution in [0.15, 0.2) is 41.5 Å². The van der Waals surface area contributed by atoms with Gasteiger partial charge in [-0.1, -0.05) is 35.9 Å². The summed E-state index contributed by atoms with van der Waals surface area (Å²) in [7, 11) is 0. The second kappa shape index (κ2) is 9.25. The highest BCUT2D eigenvalue weighted by atomic mass is 16.7. The van der Waals surface area contributed by atoms with Crippen molar-refractivity contribution in [3.8, 4) is 0 Å². The van der Waals surface area contributed by atoms with Crippen molar-refractivity contribution in [3.63, 3.8) is 0 Å². The molecule has 0 saturated carbocycles. The van der Waals surface area contributed by atoms with Crippen LogP contribution in [-0.2, 0) is 14.3 Å². The highest BCUT2D eigenvalue weighted by molar-refractivity contribution is 6.03. The number of benzene rings is 2. The van der Waals surface area contributed by atoms with E-state index in [1.165, 1.54) is 27.8 Å². The van der Waals surface area contributed by atoms with E-state index in [1.807, 2.05) is 0 Å². The van der Waals surface area contributed by atoms with Gasteiger partial charge in [0.25, 0.3) is 5.91 Å². The Morgan fingerprint density at radius 3 is 2.38 bits per heavy atom. The van der Waals surface area contributed by atoms with Gasteiger partial charge in [0, 0.05) is 32.4 Å². The molecule has 0 aromatic heterocycles. The molecule has 2 aromatic rings. The van der Waals surface area contributed by atoms with E-state index >= 15 is 0 Å². The lowest BCUT2D eigenvalue weighted by molar-refractivity contribution is -0.186. The number of nitrogens with zero attached hydrogens (tertiary/aromatic N) is 3. The molecule has 0 radical (unpaired) electrons. The molecule has 3 aliphatic heterocycles. The zero-order valence-electron chi connectivity index (χ0n) is 20.8. The van der Waals surface area contributed by atoms with Crippen LogP contribution in [0.2, 0.25) is 0 Å². The van der Waals surface area contributed by atoms with Gasteiger partial charge in [0.15, 0.2) is 5.79 Å². The van der Waals surface area contributed by atoms with Crippen molar-refractivity contribution >= 4 is 11.6 Å². The maximum atomic E-state index is 13.6. The Kier molecular flexibility index (Phi) is 6.32. The first-order valence-electron chi connectivity index (χ1n) is 12.4. The molecule has 5 rings (SSSR count). The van der Waals surface area contributed by atoms with E-state index in [-0.39, 0.29) is 11.9 Å². The molecule has 1 amide bonds. The Hall–Kier alpha value is -2.54. The van der Waals surface area contributed by atoms with Crippen molar-refractivity contribution in [2.75, 3.05) is 32.8 Å². The fraction of sp³-hybridized carbons (Fsp3) is 0.500. The minimum atomic E-state index is -0.428. The topological polar surface area (TPSA) is 54.4 Å². The van der Waals surface area contributed by atoms with Crippen LogP contribution < -0.4 is 0 Å². The molecule has 0 bridgehead atoms. The third-order valence-corrected chi connectivity index (χ3v) is 7.59. The molecule has 2 fully saturated rings. The fourth-order valence-electron chi connectivity index (χ4n) is 5.30. The van der Waals surface area contributed by atoms with Crippen LogP contribution in [-0.4, -0.2) is 60.2 Å². The van der Waals surface area contributed by atoms with Crippen LogP contribution in [0, 0.1) is 27.7 Å². The van der Waals surface area contributed by atoms with Gasteiger partial charge in [0.1, 0.15) is 0 Å². The molecule has 3 aliphatic rings. The molecule has 3 heterocycles. The predicted molar refractivity (Wildman–Crippen MR) is 133 cm³/mol. The lowest BCUT2D eigenvalue weighted by atomic mass is 9.93. The highest BCUT2D eigenvalue weighted by Gasteiger charge is 2.41. The van der Waals surface area contributed by atoms with Crippen molar-refractivity contribution in [3.05, 3.63) is 69.8 Å². The predicted octanol–water partition coefficient (Wildman–Crippen LogP) is 4.44. The maximum Gasteiger partial charge on any atom is 0.257 e. The Labute approximate surface area is 202 Å². The fourth-order valence-corrected chi connectivity index (χ4v) is 5.30. The summed E-state index contributed by atoms with van der Waals surface area (Å²) in [5, 5.41) is 6.67. The van der Waals surface area contributed by atoms with Crippen molar-refractivity contribution in [2.24, 2.45) is 5.10 Å². The van der Waals surface area contributed by atoms with Gasteiger partial charge < -0.3 is 9.47 Å². The summed E-state index contributed by atoms with van der Waals surface area (Å²) in [4.78, 5) is 15.8. The van der Waals surface area contributed by atoms with Gasteiger partial charge in [-0.15, -0.1) is 0 Å². The first-order chi connectivity index (χ1) is 16.3. The van der Waals surface area contributed by atoms with Gasteiger partial charge >= 0.3 is 0 Å². The van der Waals surface area contributed by atoms with Crippen LogP contribution in [0.3, 0.4) is 0 Å². The standard InChI is InChI=1S/C28H35N3O3/c1-19-5-6-21(3)24(15-19)26-17-25(23-8-7-20(2)22(4)16-23)29-31(26)27(32)18-30-11-9-28(10-12-30)33-13-14-34-28/h5-8,15-16,26H,9-14,17-18H2,1-4H3/t26-/m1/s1. The lowest BCUT2D eigenvalue weighted by Gasteiger charge is -2.37. The number of aryl methyl sites for hydroxylation is 4. The first-order valence-corrected chi connectivity index (χ1v) is 12.4. The number of likely N-dealkylation sites (tertiary alicyclic amines) is 1. The van der Waals surface area contributed by atoms with Crippen LogP contribution in [0.5, 0.6) is 0 Å². The molecule has 2 aromatic carbocycles. The van der Waals surface area contributed by atoms with E-state index in [0.29, 0.717) is 19.8 Å². The zero-order chi connectivity index (χ0) is 23.9. The smallest absolute Gasteiger partial charge is 0.257 e. The monoisotopic (exact) mass is 461 g/mol. The van der Waals surface area contributed by atoms with Crippen molar-refractivity contribution in [2.45, 2.75) is 58.8 Å². The average Bonchev–Trinajstić information content (AvgIpc) is 3.47. The largest absolute Gasteiger partial charge is 0.347 e. The van der Waals surface area contributed by atoms with Gasteiger partial charge in [-0.25, -0.2) is 5.01 Å².